The van der Waals surface area contributed by atoms with Crippen molar-refractivity contribution in [1.82, 2.24) is 25.1 Å². The van der Waals surface area contributed by atoms with Crippen molar-refractivity contribution in [2.75, 3.05) is 18.5 Å². The van der Waals surface area contributed by atoms with Crippen LogP contribution in [0.1, 0.15) is 12.8 Å². The summed E-state index contributed by atoms with van der Waals surface area (Å²) in [6, 6.07) is 8.77. The van der Waals surface area contributed by atoms with E-state index in [9.17, 15) is 9.50 Å². The fourth-order valence-electron chi connectivity index (χ4n) is 4.61. The third kappa shape index (κ3) is 3.13. The Hall–Kier alpha value is -3.00. The van der Waals surface area contributed by atoms with Crippen LogP contribution in [0, 0.1) is 5.92 Å². The monoisotopic (exact) mass is 394 g/mol. The zero-order valence-corrected chi connectivity index (χ0v) is 16.1. The molecule has 2 aromatic heterocycles. The first-order valence-corrected chi connectivity index (χ1v) is 9.87. The summed E-state index contributed by atoms with van der Waals surface area (Å²) in [6.07, 6.45) is 6.19. The van der Waals surface area contributed by atoms with Gasteiger partial charge in [-0.3, -0.25) is 0 Å². The number of hydrogen-bond donors (Lipinski definition) is 2. The van der Waals surface area contributed by atoms with E-state index in [2.05, 4.69) is 20.5 Å². The quantitative estimate of drug-likeness (QED) is 0.708. The van der Waals surface area contributed by atoms with E-state index >= 15 is 0 Å². The Kier molecular flexibility index (Phi) is 4.43. The highest BCUT2D eigenvalue weighted by molar-refractivity contribution is 5.69. The number of nitrogens with zero attached hydrogens (tertiary/aromatic N) is 5. The highest BCUT2D eigenvalue weighted by atomic mass is 19.1. The molecular weight excluding hydrogens is 371 g/mol. The van der Waals surface area contributed by atoms with Gasteiger partial charge < -0.3 is 19.9 Å². The van der Waals surface area contributed by atoms with Crippen LogP contribution in [0.15, 0.2) is 49.1 Å². The Morgan fingerprint density at radius 2 is 2.10 bits per heavy atom. The van der Waals surface area contributed by atoms with Crippen LogP contribution in [0.2, 0.25) is 0 Å². The van der Waals surface area contributed by atoms with Gasteiger partial charge in [0.25, 0.3) is 0 Å². The van der Waals surface area contributed by atoms with Crippen molar-refractivity contribution < 1.29 is 9.50 Å². The number of fused-ring (bicyclic) bond motifs is 3. The molecule has 4 heterocycles. The molecule has 4 atom stereocenters. The molecule has 0 radical (unpaired) electrons. The zero-order valence-electron chi connectivity index (χ0n) is 16.1. The van der Waals surface area contributed by atoms with Gasteiger partial charge >= 0.3 is 0 Å². The van der Waals surface area contributed by atoms with Gasteiger partial charge in [-0.05, 0) is 43.0 Å². The second kappa shape index (κ2) is 7.11. The minimum Gasteiger partial charge on any atom is -0.507 e. The lowest BCUT2D eigenvalue weighted by atomic mass is 9.75. The number of hydrogen-bond acceptors (Lipinski definition) is 6. The Morgan fingerprint density at radius 3 is 2.72 bits per heavy atom. The van der Waals surface area contributed by atoms with Crippen LogP contribution >= 0.6 is 0 Å². The number of rotatable bonds is 4. The predicted octanol–water partition coefficient (Wildman–Crippen LogP) is 2.56. The molecule has 3 aliphatic rings. The van der Waals surface area contributed by atoms with Crippen molar-refractivity contribution in [3.05, 3.63) is 49.1 Å². The number of alkyl halides is 1. The SMILES string of the molecule is CN(c1ccc(-c2ccc(-n3ccnc3)cc2O)nn1)[C@@H]1C2CCC(NC2)[C@@H]1F. The average molecular weight is 394 g/mol. The van der Waals surface area contributed by atoms with Gasteiger partial charge in [0.15, 0.2) is 5.82 Å². The molecule has 3 fully saturated rings. The van der Waals surface area contributed by atoms with E-state index in [0.717, 1.165) is 25.1 Å². The van der Waals surface area contributed by atoms with Gasteiger partial charge in [0.1, 0.15) is 11.9 Å². The van der Waals surface area contributed by atoms with Crippen LogP contribution in [0.4, 0.5) is 10.2 Å². The number of piperidine rings is 2. The molecule has 8 heteroatoms. The molecule has 0 spiro atoms. The number of benzene rings is 1. The molecule has 1 aliphatic carbocycles. The number of aromatic hydroxyl groups is 1. The lowest BCUT2D eigenvalue weighted by molar-refractivity contribution is 0.0702. The Labute approximate surface area is 168 Å². The molecule has 1 saturated carbocycles. The van der Waals surface area contributed by atoms with Gasteiger partial charge in [-0.2, -0.15) is 0 Å². The Bertz CT molecular complexity index is 983. The molecule has 6 rings (SSSR count). The number of imidazole rings is 1. The largest absolute Gasteiger partial charge is 0.507 e. The lowest BCUT2D eigenvalue weighted by Crippen LogP contribution is -2.64. The summed E-state index contributed by atoms with van der Waals surface area (Å²) in [5, 5.41) is 22.4. The number of halogens is 1. The number of phenols is 1. The van der Waals surface area contributed by atoms with Gasteiger partial charge in [-0.15, -0.1) is 10.2 Å². The Morgan fingerprint density at radius 1 is 1.21 bits per heavy atom. The van der Waals surface area contributed by atoms with Gasteiger partial charge in [-0.25, -0.2) is 9.37 Å². The summed E-state index contributed by atoms with van der Waals surface area (Å²) in [4.78, 5) is 5.93. The predicted molar refractivity (Wildman–Crippen MR) is 108 cm³/mol. The molecule has 1 aromatic carbocycles. The minimum absolute atomic E-state index is 0.0642. The fourth-order valence-corrected chi connectivity index (χ4v) is 4.61. The lowest BCUT2D eigenvalue weighted by Gasteiger charge is -2.49. The van der Waals surface area contributed by atoms with Crippen LogP contribution in [-0.2, 0) is 0 Å². The summed E-state index contributed by atoms with van der Waals surface area (Å²) in [7, 11) is 1.89. The molecule has 3 aromatic rings. The molecule has 150 valence electrons. The van der Waals surface area contributed by atoms with Crippen LogP contribution in [-0.4, -0.2) is 56.7 Å². The topological polar surface area (TPSA) is 79.1 Å². The zero-order chi connectivity index (χ0) is 20.0. The molecule has 2 aliphatic heterocycles. The molecule has 29 heavy (non-hydrogen) atoms. The van der Waals surface area contributed by atoms with E-state index in [4.69, 9.17) is 0 Å². The maximum Gasteiger partial charge on any atom is 0.151 e. The molecule has 7 nitrogen and oxygen atoms in total. The van der Waals surface area contributed by atoms with Crippen LogP contribution < -0.4 is 10.2 Å². The number of nitrogens with one attached hydrogen (secondary N) is 1. The van der Waals surface area contributed by atoms with Crippen LogP contribution in [0.5, 0.6) is 5.75 Å². The molecule has 2 N–H and O–H groups in total. The maximum atomic E-state index is 14.8. The van der Waals surface area contributed by atoms with Gasteiger partial charge in [0, 0.05) is 43.7 Å². The first-order chi connectivity index (χ1) is 14.1. The minimum atomic E-state index is -0.909. The van der Waals surface area contributed by atoms with Crippen molar-refractivity contribution in [2.24, 2.45) is 5.92 Å². The van der Waals surface area contributed by atoms with E-state index in [1.165, 1.54) is 0 Å². The van der Waals surface area contributed by atoms with E-state index < -0.39 is 6.17 Å². The average Bonchev–Trinajstić information content (AvgIpc) is 3.29. The smallest absolute Gasteiger partial charge is 0.151 e. The highest BCUT2D eigenvalue weighted by Crippen LogP contribution is 2.36. The summed E-state index contributed by atoms with van der Waals surface area (Å²) in [6.45, 7) is 0.850. The molecule has 2 saturated heterocycles. The van der Waals surface area contributed by atoms with Gasteiger partial charge in [-0.1, -0.05) is 0 Å². The van der Waals surface area contributed by atoms with Crippen molar-refractivity contribution in [1.29, 1.82) is 0 Å². The second-order valence-electron chi connectivity index (χ2n) is 7.85. The second-order valence-corrected chi connectivity index (χ2v) is 7.85. The number of phenolic OH excluding ortho intramolecular Hbond substituents is 1. The maximum absolute atomic E-state index is 14.8. The van der Waals surface area contributed by atoms with Crippen molar-refractivity contribution in [2.45, 2.75) is 31.1 Å². The van der Waals surface area contributed by atoms with Gasteiger partial charge in [0.2, 0.25) is 0 Å². The number of anilines is 1. The van der Waals surface area contributed by atoms with E-state index in [1.54, 1.807) is 24.7 Å². The molecule has 2 bridgehead atoms. The van der Waals surface area contributed by atoms with Crippen LogP contribution in [0.3, 0.4) is 0 Å². The van der Waals surface area contributed by atoms with Crippen molar-refractivity contribution in [3.63, 3.8) is 0 Å². The summed E-state index contributed by atoms with van der Waals surface area (Å²) in [5.41, 5.74) is 1.98. The first kappa shape index (κ1) is 18.1. The summed E-state index contributed by atoms with van der Waals surface area (Å²) >= 11 is 0. The van der Waals surface area contributed by atoms with E-state index in [1.807, 2.05) is 40.9 Å². The van der Waals surface area contributed by atoms with Crippen molar-refractivity contribution >= 4 is 5.82 Å². The first-order valence-electron chi connectivity index (χ1n) is 9.87. The van der Waals surface area contributed by atoms with Crippen LogP contribution in [0.25, 0.3) is 16.9 Å². The third-order valence-corrected chi connectivity index (χ3v) is 6.20. The Balaban J connectivity index is 1.38. The normalized spacial score (nSPS) is 25.9. The number of aromatic nitrogens is 4. The fraction of sp³-hybridized carbons (Fsp3) is 0.381. The summed E-state index contributed by atoms with van der Waals surface area (Å²) < 4.78 is 16.7. The highest BCUT2D eigenvalue weighted by Gasteiger charge is 2.46. The van der Waals surface area contributed by atoms with Gasteiger partial charge in [0.05, 0.1) is 23.8 Å². The molecule has 0 amide bonds. The standard InChI is InChI=1S/C21H23FN6O/c1-27(21-13-2-5-17(20(21)22)24-11-13)19-7-6-16(25-26-19)15-4-3-14(10-18(15)29)28-9-8-23-12-28/h3-4,6-10,12-13,17,20-21,24,29H,2,5,11H2,1H3/t13?,17?,20-,21+/m0/s1. The third-order valence-electron chi connectivity index (χ3n) is 6.20. The van der Waals surface area contributed by atoms with E-state index in [0.29, 0.717) is 17.1 Å². The van der Waals surface area contributed by atoms with E-state index in [-0.39, 0.29) is 23.8 Å². The summed E-state index contributed by atoms with van der Waals surface area (Å²) in [5.74, 6) is 1.04. The molecular formula is C21H23FN6O. The van der Waals surface area contributed by atoms with Crippen molar-refractivity contribution in [3.8, 4) is 22.7 Å². The molecule has 2 unspecified atom stereocenters.